The van der Waals surface area contributed by atoms with Gasteiger partial charge in [0.2, 0.25) is 0 Å². The third kappa shape index (κ3) is 5.15. The Bertz CT molecular complexity index is 552. The van der Waals surface area contributed by atoms with E-state index < -0.39 is 12.1 Å². The Kier molecular flexibility index (Phi) is 5.46. The van der Waals surface area contributed by atoms with Crippen molar-refractivity contribution in [2.24, 2.45) is 0 Å². The molecule has 0 spiro atoms. The molecule has 0 radical (unpaired) electrons. The Morgan fingerprint density at radius 3 is 2.26 bits per heavy atom. The van der Waals surface area contributed by atoms with Gasteiger partial charge >= 0.3 is 12.1 Å². The Balaban J connectivity index is 1.83. The molecule has 1 aliphatic rings. The smallest absolute Gasteiger partial charge is 0.471 e. The van der Waals surface area contributed by atoms with E-state index in [-0.39, 0.29) is 18.2 Å². The number of carbonyl (C=O) groups is 2. The molecule has 0 saturated carbocycles. The van der Waals surface area contributed by atoms with Gasteiger partial charge in [-0.1, -0.05) is 0 Å². The molecular formula is C15H17F3N2O3. The maximum absolute atomic E-state index is 12.1. The molecule has 1 heterocycles. The number of piperidine rings is 1. The maximum atomic E-state index is 12.1. The number of anilines is 1. The summed E-state index contributed by atoms with van der Waals surface area (Å²) in [4.78, 5) is 24.4. The second-order valence-electron chi connectivity index (χ2n) is 5.21. The predicted octanol–water partition coefficient (Wildman–Crippen LogP) is 2.58. The average molecular weight is 330 g/mol. The van der Waals surface area contributed by atoms with Crippen molar-refractivity contribution in [3.63, 3.8) is 0 Å². The summed E-state index contributed by atoms with van der Waals surface area (Å²) in [7, 11) is 0. The fourth-order valence-electron chi connectivity index (χ4n) is 2.22. The van der Waals surface area contributed by atoms with E-state index in [0.717, 1.165) is 32.4 Å². The third-order valence-corrected chi connectivity index (χ3v) is 3.44. The molecular weight excluding hydrogens is 313 g/mol. The number of nitrogens with zero attached hydrogens (tertiary/aromatic N) is 1. The van der Waals surface area contributed by atoms with Crippen LogP contribution in [0.4, 0.5) is 18.9 Å². The van der Waals surface area contributed by atoms with Crippen LogP contribution < -0.4 is 10.1 Å². The van der Waals surface area contributed by atoms with Crippen LogP contribution in [-0.4, -0.2) is 42.6 Å². The van der Waals surface area contributed by atoms with Crippen molar-refractivity contribution >= 4 is 17.5 Å². The first-order valence-corrected chi connectivity index (χ1v) is 7.25. The molecule has 126 valence electrons. The second-order valence-corrected chi connectivity index (χ2v) is 5.21. The Morgan fingerprint density at radius 1 is 1.09 bits per heavy atom. The molecule has 0 bridgehead atoms. The van der Waals surface area contributed by atoms with E-state index in [1.807, 2.05) is 0 Å². The van der Waals surface area contributed by atoms with E-state index in [1.165, 1.54) is 24.3 Å². The van der Waals surface area contributed by atoms with Crippen molar-refractivity contribution in [1.82, 2.24) is 4.90 Å². The molecule has 1 fully saturated rings. The summed E-state index contributed by atoms with van der Waals surface area (Å²) >= 11 is 0. The molecule has 1 saturated heterocycles. The number of rotatable bonds is 4. The van der Waals surface area contributed by atoms with Gasteiger partial charge in [0.15, 0.2) is 6.61 Å². The molecule has 1 aromatic carbocycles. The number of likely N-dealkylation sites (tertiary alicyclic amines) is 1. The lowest BCUT2D eigenvalue weighted by molar-refractivity contribution is -0.167. The van der Waals surface area contributed by atoms with Gasteiger partial charge in [0, 0.05) is 18.8 Å². The number of halogens is 3. The first kappa shape index (κ1) is 17.1. The van der Waals surface area contributed by atoms with Gasteiger partial charge in [-0.3, -0.25) is 9.59 Å². The number of alkyl halides is 3. The Hall–Kier alpha value is -2.25. The summed E-state index contributed by atoms with van der Waals surface area (Å²) in [6.07, 6.45) is -1.84. The van der Waals surface area contributed by atoms with E-state index in [1.54, 1.807) is 10.2 Å². The minimum Gasteiger partial charge on any atom is -0.484 e. The largest absolute Gasteiger partial charge is 0.484 e. The van der Waals surface area contributed by atoms with E-state index >= 15 is 0 Å². The number of amides is 2. The molecule has 23 heavy (non-hydrogen) atoms. The zero-order valence-electron chi connectivity index (χ0n) is 12.4. The van der Waals surface area contributed by atoms with Gasteiger partial charge in [-0.2, -0.15) is 13.2 Å². The quantitative estimate of drug-likeness (QED) is 0.923. The highest BCUT2D eigenvalue weighted by Gasteiger charge is 2.38. The molecule has 2 amide bonds. The van der Waals surface area contributed by atoms with Crippen LogP contribution in [0, 0.1) is 0 Å². The van der Waals surface area contributed by atoms with Crippen LogP contribution in [0.1, 0.15) is 19.3 Å². The van der Waals surface area contributed by atoms with Gasteiger partial charge < -0.3 is 15.0 Å². The monoisotopic (exact) mass is 330 g/mol. The van der Waals surface area contributed by atoms with E-state index in [2.05, 4.69) is 0 Å². The summed E-state index contributed by atoms with van der Waals surface area (Å²) in [5.74, 6) is -1.80. The summed E-state index contributed by atoms with van der Waals surface area (Å²) in [6.45, 7) is 1.34. The molecule has 2 rings (SSSR count). The molecule has 0 aromatic heterocycles. The molecule has 0 atom stereocenters. The zero-order valence-corrected chi connectivity index (χ0v) is 12.4. The highest BCUT2D eigenvalue weighted by atomic mass is 19.4. The molecule has 0 aliphatic carbocycles. The van der Waals surface area contributed by atoms with E-state index in [4.69, 9.17) is 4.74 Å². The summed E-state index contributed by atoms with van der Waals surface area (Å²) in [5.41, 5.74) is 0.00188. The van der Waals surface area contributed by atoms with Crippen LogP contribution in [0.25, 0.3) is 0 Å². The average Bonchev–Trinajstić information content (AvgIpc) is 2.54. The fourth-order valence-corrected chi connectivity index (χ4v) is 2.22. The molecule has 0 unspecified atom stereocenters. The topological polar surface area (TPSA) is 58.6 Å². The predicted molar refractivity (Wildman–Crippen MR) is 77.1 cm³/mol. The molecule has 1 aromatic rings. The van der Waals surface area contributed by atoms with Crippen LogP contribution in [0.5, 0.6) is 5.75 Å². The number of nitrogens with one attached hydrogen (secondary N) is 1. The lowest BCUT2D eigenvalue weighted by Crippen LogP contribution is -2.38. The lowest BCUT2D eigenvalue weighted by atomic mass is 10.1. The summed E-state index contributed by atoms with van der Waals surface area (Å²) < 4.78 is 41.7. The van der Waals surface area contributed by atoms with Crippen LogP contribution in [-0.2, 0) is 9.59 Å². The van der Waals surface area contributed by atoms with E-state index in [0.29, 0.717) is 5.75 Å². The van der Waals surface area contributed by atoms with Crippen LogP contribution >= 0.6 is 0 Å². The highest BCUT2D eigenvalue weighted by molar-refractivity contribution is 5.94. The Morgan fingerprint density at radius 2 is 1.70 bits per heavy atom. The molecule has 1 N–H and O–H groups in total. The number of hydrogen-bond acceptors (Lipinski definition) is 3. The maximum Gasteiger partial charge on any atom is 0.471 e. The fraction of sp³-hybridized carbons (Fsp3) is 0.467. The third-order valence-electron chi connectivity index (χ3n) is 3.44. The van der Waals surface area contributed by atoms with Crippen molar-refractivity contribution in [2.75, 3.05) is 25.0 Å². The van der Waals surface area contributed by atoms with E-state index in [9.17, 15) is 22.8 Å². The second kappa shape index (κ2) is 7.34. The van der Waals surface area contributed by atoms with Crippen LogP contribution in [0.15, 0.2) is 24.3 Å². The first-order valence-electron chi connectivity index (χ1n) is 7.25. The van der Waals surface area contributed by atoms with Crippen LogP contribution in [0.2, 0.25) is 0 Å². The lowest BCUT2D eigenvalue weighted by Gasteiger charge is -2.26. The molecule has 8 heteroatoms. The summed E-state index contributed by atoms with van der Waals surface area (Å²) in [6, 6.07) is 5.36. The van der Waals surface area contributed by atoms with Crippen LogP contribution in [0.3, 0.4) is 0 Å². The zero-order chi connectivity index (χ0) is 16.9. The van der Waals surface area contributed by atoms with Crippen molar-refractivity contribution in [1.29, 1.82) is 0 Å². The van der Waals surface area contributed by atoms with Gasteiger partial charge in [0.25, 0.3) is 5.91 Å². The van der Waals surface area contributed by atoms with Gasteiger partial charge in [-0.25, -0.2) is 0 Å². The molecule has 1 aliphatic heterocycles. The number of benzene rings is 1. The SMILES string of the molecule is O=C(COc1ccc(NC(=O)C(F)(F)F)cc1)N1CCCCC1. The van der Waals surface area contributed by atoms with Gasteiger partial charge in [0.05, 0.1) is 0 Å². The van der Waals surface area contributed by atoms with Crippen molar-refractivity contribution in [3.8, 4) is 5.75 Å². The number of hydrogen-bond donors (Lipinski definition) is 1. The molecule has 5 nitrogen and oxygen atoms in total. The number of carbonyl (C=O) groups excluding carboxylic acids is 2. The number of ether oxygens (including phenoxy) is 1. The van der Waals surface area contributed by atoms with Gasteiger partial charge in [-0.15, -0.1) is 0 Å². The van der Waals surface area contributed by atoms with Crippen molar-refractivity contribution in [2.45, 2.75) is 25.4 Å². The minimum atomic E-state index is -4.93. The standard InChI is InChI=1S/C15H17F3N2O3/c16-15(17,18)14(22)19-11-4-6-12(7-5-11)23-10-13(21)20-8-2-1-3-9-20/h4-7H,1-3,8-10H2,(H,19,22). The summed E-state index contributed by atoms with van der Waals surface area (Å²) in [5, 5.41) is 1.73. The minimum absolute atomic E-state index is 0.00188. The normalized spacial score (nSPS) is 15.2. The van der Waals surface area contributed by atoms with Gasteiger partial charge in [-0.05, 0) is 43.5 Å². The van der Waals surface area contributed by atoms with Crippen molar-refractivity contribution in [3.05, 3.63) is 24.3 Å². The van der Waals surface area contributed by atoms with Gasteiger partial charge in [0.1, 0.15) is 5.75 Å². The Labute approximate surface area is 131 Å². The van der Waals surface area contributed by atoms with Crippen molar-refractivity contribution < 1.29 is 27.5 Å². The highest BCUT2D eigenvalue weighted by Crippen LogP contribution is 2.20. The first-order chi connectivity index (χ1) is 10.9.